The number of nitrogen functional groups attached to an aromatic ring is 1. The molecule has 0 aliphatic heterocycles. The SMILES string of the molecule is Cc1cccc2c(=O)c3c(sc4c(=O)c5c(N)cccc5c(=O)c43)c(=O)c12. The van der Waals surface area contributed by atoms with Crippen LogP contribution < -0.4 is 27.4 Å². The van der Waals surface area contributed by atoms with Crippen LogP contribution in [0.4, 0.5) is 5.69 Å². The van der Waals surface area contributed by atoms with E-state index in [4.69, 9.17) is 5.73 Å². The number of thiophene rings is 1. The van der Waals surface area contributed by atoms with Crippen LogP contribution in [0.3, 0.4) is 0 Å². The third-order valence-corrected chi connectivity index (χ3v) is 6.27. The minimum absolute atomic E-state index is 0.0311. The smallest absolute Gasteiger partial charge is 0.206 e. The molecule has 0 aliphatic rings. The second-order valence-corrected chi connectivity index (χ2v) is 7.61. The van der Waals surface area contributed by atoms with Gasteiger partial charge >= 0.3 is 0 Å². The first-order valence-corrected chi connectivity index (χ1v) is 9.07. The topological polar surface area (TPSA) is 94.3 Å². The summed E-state index contributed by atoms with van der Waals surface area (Å²) in [4.78, 5) is 52.3. The molecular weight excluding hydrogens is 362 g/mol. The first kappa shape index (κ1) is 15.8. The molecule has 0 atom stereocenters. The van der Waals surface area contributed by atoms with E-state index in [0.717, 1.165) is 11.3 Å². The number of benzene rings is 4. The van der Waals surface area contributed by atoms with Crippen LogP contribution in [0.5, 0.6) is 0 Å². The van der Waals surface area contributed by atoms with Crippen molar-refractivity contribution in [1.82, 2.24) is 0 Å². The summed E-state index contributed by atoms with van der Waals surface area (Å²) >= 11 is 0.910. The number of anilines is 1. The average Bonchev–Trinajstić information content (AvgIpc) is 3.05. The van der Waals surface area contributed by atoms with Crippen molar-refractivity contribution in [2.45, 2.75) is 6.92 Å². The molecule has 1 heterocycles. The van der Waals surface area contributed by atoms with Crippen molar-refractivity contribution >= 4 is 58.7 Å². The quantitative estimate of drug-likeness (QED) is 0.421. The lowest BCUT2D eigenvalue weighted by molar-refractivity contribution is 1.52. The molecule has 0 amide bonds. The first-order valence-electron chi connectivity index (χ1n) is 8.25. The predicted octanol–water partition coefficient (Wildman–Crippen LogP) is 2.57. The van der Waals surface area contributed by atoms with Gasteiger partial charge in [0.2, 0.25) is 10.9 Å². The van der Waals surface area contributed by atoms with Gasteiger partial charge in [0, 0.05) is 21.8 Å². The van der Waals surface area contributed by atoms with E-state index in [0.29, 0.717) is 10.9 Å². The molecule has 0 saturated carbocycles. The third kappa shape index (κ3) is 1.82. The molecule has 0 saturated heterocycles. The maximum absolute atomic E-state index is 13.1. The Hall–Kier alpha value is -3.38. The highest BCUT2D eigenvalue weighted by Crippen LogP contribution is 2.30. The van der Waals surface area contributed by atoms with Crippen molar-refractivity contribution in [2.75, 3.05) is 5.73 Å². The van der Waals surface area contributed by atoms with Gasteiger partial charge in [-0.1, -0.05) is 30.3 Å². The molecular formula is C21H11NO4S. The summed E-state index contributed by atoms with van der Waals surface area (Å²) < 4.78 is 0.266. The van der Waals surface area contributed by atoms with Gasteiger partial charge in [-0.05, 0) is 18.6 Å². The maximum Gasteiger partial charge on any atom is 0.206 e. The Balaban J connectivity index is 2.25. The second-order valence-electron chi connectivity index (χ2n) is 6.59. The van der Waals surface area contributed by atoms with Crippen LogP contribution >= 0.6 is 11.3 Å². The van der Waals surface area contributed by atoms with Crippen LogP contribution in [0.2, 0.25) is 0 Å². The first-order chi connectivity index (χ1) is 12.9. The molecule has 0 unspecified atom stereocenters. The fourth-order valence-corrected chi connectivity index (χ4v) is 5.04. The zero-order valence-corrected chi connectivity index (χ0v) is 14.9. The molecule has 4 aromatic carbocycles. The van der Waals surface area contributed by atoms with Gasteiger partial charge < -0.3 is 5.73 Å². The van der Waals surface area contributed by atoms with Crippen molar-refractivity contribution in [3.63, 3.8) is 0 Å². The monoisotopic (exact) mass is 373 g/mol. The molecule has 1 aromatic heterocycles. The van der Waals surface area contributed by atoms with Crippen LogP contribution in [0.15, 0.2) is 55.6 Å². The Bertz CT molecular complexity index is 1550. The number of hydrogen-bond donors (Lipinski definition) is 1. The van der Waals surface area contributed by atoms with E-state index in [-0.39, 0.29) is 47.4 Å². The van der Waals surface area contributed by atoms with Crippen LogP contribution in [-0.2, 0) is 0 Å². The molecule has 5 aromatic rings. The molecule has 27 heavy (non-hydrogen) atoms. The van der Waals surface area contributed by atoms with Crippen molar-refractivity contribution in [2.24, 2.45) is 0 Å². The lowest BCUT2D eigenvalue weighted by atomic mass is 9.99. The molecule has 2 N–H and O–H groups in total. The third-order valence-electron chi connectivity index (χ3n) is 5.09. The standard InChI is InChI=1S/C21H11NO4S/c1-8-4-2-5-9-12(8)18(25)20-14(16(9)23)15-17(24)10-6-3-7-11(22)13(10)19(26)21(15)27-20/h2-7H,22H2,1H3. The second kappa shape index (κ2) is 5.08. The Morgan fingerprint density at radius 2 is 1.19 bits per heavy atom. The van der Waals surface area contributed by atoms with E-state index in [2.05, 4.69) is 0 Å². The molecule has 0 fully saturated rings. The Morgan fingerprint density at radius 3 is 1.81 bits per heavy atom. The lowest BCUT2D eigenvalue weighted by Crippen LogP contribution is -2.16. The van der Waals surface area contributed by atoms with Gasteiger partial charge in [-0.3, -0.25) is 19.2 Å². The van der Waals surface area contributed by atoms with Gasteiger partial charge in [-0.25, -0.2) is 0 Å². The highest BCUT2D eigenvalue weighted by molar-refractivity contribution is 7.25. The van der Waals surface area contributed by atoms with Gasteiger partial charge in [-0.2, -0.15) is 0 Å². The lowest BCUT2D eigenvalue weighted by Gasteiger charge is -2.01. The van der Waals surface area contributed by atoms with Gasteiger partial charge in [0.1, 0.15) is 0 Å². The van der Waals surface area contributed by atoms with Crippen molar-refractivity contribution < 1.29 is 0 Å². The zero-order chi connectivity index (χ0) is 19.0. The Morgan fingerprint density at radius 1 is 0.667 bits per heavy atom. The number of rotatable bonds is 0. The van der Waals surface area contributed by atoms with Gasteiger partial charge in [-0.15, -0.1) is 11.3 Å². The van der Waals surface area contributed by atoms with E-state index in [1.165, 1.54) is 6.07 Å². The summed E-state index contributed by atoms with van der Waals surface area (Å²) in [5.41, 5.74) is 5.23. The van der Waals surface area contributed by atoms with Crippen molar-refractivity contribution in [1.29, 1.82) is 0 Å². The fraction of sp³-hybridized carbons (Fsp3) is 0.0476. The van der Waals surface area contributed by atoms with Crippen LogP contribution in [0.1, 0.15) is 5.56 Å². The van der Waals surface area contributed by atoms with Crippen LogP contribution in [-0.4, -0.2) is 0 Å². The Labute approximate surface area is 154 Å². The summed E-state index contributed by atoms with van der Waals surface area (Å²) in [6.07, 6.45) is 0. The highest BCUT2D eigenvalue weighted by Gasteiger charge is 2.22. The highest BCUT2D eigenvalue weighted by atomic mass is 32.1. The molecule has 130 valence electrons. The molecule has 0 bridgehead atoms. The van der Waals surface area contributed by atoms with Crippen molar-refractivity contribution in [3.05, 3.63) is 82.9 Å². The summed E-state index contributed by atoms with van der Waals surface area (Å²) in [6, 6.07) is 9.71. The molecule has 6 heteroatoms. The minimum atomic E-state index is -0.443. The minimum Gasteiger partial charge on any atom is -0.398 e. The summed E-state index contributed by atoms with van der Waals surface area (Å²) in [5.74, 6) is 0. The maximum atomic E-state index is 13.1. The van der Waals surface area contributed by atoms with Crippen LogP contribution in [0, 0.1) is 6.92 Å². The van der Waals surface area contributed by atoms with Gasteiger partial charge in [0.05, 0.1) is 25.6 Å². The largest absolute Gasteiger partial charge is 0.398 e. The van der Waals surface area contributed by atoms with E-state index in [1.807, 2.05) is 0 Å². The molecule has 0 spiro atoms. The number of nitrogens with two attached hydrogens (primary N) is 1. The summed E-state index contributed by atoms with van der Waals surface area (Å²) in [7, 11) is 0. The van der Waals surface area contributed by atoms with E-state index in [9.17, 15) is 19.2 Å². The molecule has 5 rings (SSSR count). The van der Waals surface area contributed by atoms with Gasteiger partial charge in [0.15, 0.2) is 10.9 Å². The van der Waals surface area contributed by atoms with Crippen LogP contribution in [0.25, 0.3) is 41.7 Å². The zero-order valence-electron chi connectivity index (χ0n) is 14.1. The molecule has 0 aliphatic carbocycles. The Kier molecular flexibility index (Phi) is 2.98. The normalized spacial score (nSPS) is 11.9. The fourth-order valence-electron chi connectivity index (χ4n) is 3.85. The van der Waals surface area contributed by atoms with E-state index >= 15 is 0 Å². The van der Waals surface area contributed by atoms with E-state index < -0.39 is 16.3 Å². The average molecular weight is 373 g/mol. The number of aryl methyl sites for hydroxylation is 1. The predicted molar refractivity (Wildman–Crippen MR) is 111 cm³/mol. The van der Waals surface area contributed by atoms with Gasteiger partial charge in [0.25, 0.3) is 0 Å². The summed E-state index contributed by atoms with van der Waals surface area (Å²) in [5, 5.41) is 0.996. The van der Waals surface area contributed by atoms with E-state index in [1.54, 1.807) is 37.3 Å². The number of hydrogen-bond acceptors (Lipinski definition) is 6. The molecule has 5 nitrogen and oxygen atoms in total. The van der Waals surface area contributed by atoms with Crippen molar-refractivity contribution in [3.8, 4) is 0 Å². The number of fused-ring (bicyclic) bond motifs is 5. The molecule has 0 radical (unpaired) electrons. The summed E-state index contributed by atoms with van der Waals surface area (Å²) in [6.45, 7) is 1.76.